The van der Waals surface area contributed by atoms with Crippen LogP contribution < -0.4 is 5.32 Å². The number of nitrogens with one attached hydrogen (secondary N) is 1. The molecule has 0 radical (unpaired) electrons. The second-order valence-electron chi connectivity index (χ2n) is 3.90. The molecular formula is C12H12BrN3O. The van der Waals surface area contributed by atoms with Gasteiger partial charge in [-0.2, -0.15) is 0 Å². The van der Waals surface area contributed by atoms with Gasteiger partial charge in [-0.1, -0.05) is 15.9 Å². The topological polar surface area (TPSA) is 46.9 Å². The van der Waals surface area contributed by atoms with E-state index in [1.54, 1.807) is 17.1 Å². The average Bonchev–Trinajstić information content (AvgIpc) is 2.63. The zero-order valence-corrected chi connectivity index (χ0v) is 11.2. The Morgan fingerprint density at radius 2 is 2.18 bits per heavy atom. The van der Waals surface area contributed by atoms with E-state index in [0.29, 0.717) is 5.69 Å². The first kappa shape index (κ1) is 11.9. The van der Waals surface area contributed by atoms with Crippen molar-refractivity contribution in [2.45, 2.75) is 6.92 Å². The van der Waals surface area contributed by atoms with Crippen molar-refractivity contribution in [3.63, 3.8) is 0 Å². The van der Waals surface area contributed by atoms with E-state index >= 15 is 0 Å². The lowest BCUT2D eigenvalue weighted by molar-refractivity contribution is 0.102. The largest absolute Gasteiger partial charge is 0.340 e. The summed E-state index contributed by atoms with van der Waals surface area (Å²) in [6.07, 6.45) is 3.28. The zero-order valence-electron chi connectivity index (χ0n) is 9.57. The number of hydrogen-bond acceptors (Lipinski definition) is 2. The SMILES string of the molecule is Cc1cc(Br)cc(NC(=O)c2cn(C)cn2)c1. The fourth-order valence-electron chi connectivity index (χ4n) is 1.53. The van der Waals surface area contributed by atoms with Gasteiger partial charge in [0.1, 0.15) is 5.69 Å². The Morgan fingerprint density at radius 1 is 1.41 bits per heavy atom. The summed E-state index contributed by atoms with van der Waals surface area (Å²) in [5, 5.41) is 2.81. The number of aryl methyl sites for hydroxylation is 2. The molecule has 2 rings (SSSR count). The highest BCUT2D eigenvalue weighted by molar-refractivity contribution is 9.10. The first-order chi connectivity index (χ1) is 8.04. The predicted octanol–water partition coefficient (Wildman–Crippen LogP) is 2.74. The van der Waals surface area contributed by atoms with Crippen LogP contribution in [-0.2, 0) is 7.05 Å². The molecule has 1 aromatic heterocycles. The van der Waals surface area contributed by atoms with Crippen molar-refractivity contribution in [3.8, 4) is 0 Å². The highest BCUT2D eigenvalue weighted by Gasteiger charge is 2.09. The van der Waals surface area contributed by atoms with Crippen molar-refractivity contribution in [2.24, 2.45) is 7.05 Å². The number of benzene rings is 1. The number of rotatable bonds is 2. The van der Waals surface area contributed by atoms with Crippen molar-refractivity contribution in [1.82, 2.24) is 9.55 Å². The summed E-state index contributed by atoms with van der Waals surface area (Å²) in [6, 6.07) is 5.75. The second kappa shape index (κ2) is 4.71. The molecule has 1 aromatic carbocycles. The number of amides is 1. The number of anilines is 1. The summed E-state index contributed by atoms with van der Waals surface area (Å²) < 4.78 is 2.68. The first-order valence-electron chi connectivity index (χ1n) is 5.11. The molecule has 0 bridgehead atoms. The summed E-state index contributed by atoms with van der Waals surface area (Å²) in [5.41, 5.74) is 2.24. The van der Waals surface area contributed by atoms with Gasteiger partial charge in [0.2, 0.25) is 0 Å². The van der Waals surface area contributed by atoms with Gasteiger partial charge >= 0.3 is 0 Å². The van der Waals surface area contributed by atoms with E-state index in [0.717, 1.165) is 15.7 Å². The van der Waals surface area contributed by atoms with Gasteiger partial charge < -0.3 is 9.88 Å². The lowest BCUT2D eigenvalue weighted by Gasteiger charge is -2.05. The number of imidazole rings is 1. The van der Waals surface area contributed by atoms with E-state index in [4.69, 9.17) is 0 Å². The third-order valence-electron chi connectivity index (χ3n) is 2.24. The number of aromatic nitrogens is 2. The minimum Gasteiger partial charge on any atom is -0.340 e. The molecule has 5 heteroatoms. The lowest BCUT2D eigenvalue weighted by atomic mass is 10.2. The maximum atomic E-state index is 11.8. The van der Waals surface area contributed by atoms with Crippen LogP contribution in [0.25, 0.3) is 0 Å². The summed E-state index contributed by atoms with van der Waals surface area (Å²) in [7, 11) is 1.83. The molecule has 4 nitrogen and oxygen atoms in total. The Balaban J connectivity index is 2.18. The van der Waals surface area contributed by atoms with Crippen molar-refractivity contribution in [3.05, 3.63) is 46.5 Å². The minimum absolute atomic E-state index is 0.205. The fourth-order valence-corrected chi connectivity index (χ4v) is 2.14. The molecule has 0 aliphatic heterocycles. The molecular weight excluding hydrogens is 282 g/mol. The van der Waals surface area contributed by atoms with Gasteiger partial charge in [-0.05, 0) is 30.7 Å². The average molecular weight is 294 g/mol. The lowest BCUT2D eigenvalue weighted by Crippen LogP contribution is -2.12. The molecule has 0 aliphatic carbocycles. The van der Waals surface area contributed by atoms with Gasteiger partial charge in [0, 0.05) is 23.4 Å². The maximum absolute atomic E-state index is 11.8. The van der Waals surface area contributed by atoms with Gasteiger partial charge in [0.05, 0.1) is 6.33 Å². The minimum atomic E-state index is -0.205. The van der Waals surface area contributed by atoms with Gasteiger partial charge in [-0.3, -0.25) is 4.79 Å². The molecule has 0 fully saturated rings. The number of hydrogen-bond donors (Lipinski definition) is 1. The second-order valence-corrected chi connectivity index (χ2v) is 4.81. The van der Waals surface area contributed by atoms with Crippen molar-refractivity contribution >= 4 is 27.5 Å². The number of carbonyl (C=O) groups is 1. The molecule has 0 spiro atoms. The van der Waals surface area contributed by atoms with E-state index in [2.05, 4.69) is 26.2 Å². The van der Waals surface area contributed by atoms with Crippen LogP contribution in [-0.4, -0.2) is 15.5 Å². The Morgan fingerprint density at radius 3 is 2.76 bits per heavy atom. The summed E-state index contributed by atoms with van der Waals surface area (Å²) in [4.78, 5) is 15.8. The molecule has 1 amide bonds. The van der Waals surface area contributed by atoms with Crippen LogP contribution >= 0.6 is 15.9 Å². The van der Waals surface area contributed by atoms with Crippen LogP contribution in [0.4, 0.5) is 5.69 Å². The molecule has 2 aromatic rings. The smallest absolute Gasteiger partial charge is 0.275 e. The van der Waals surface area contributed by atoms with Crippen LogP contribution in [0.1, 0.15) is 16.1 Å². The zero-order chi connectivity index (χ0) is 12.4. The van der Waals surface area contributed by atoms with Crippen molar-refractivity contribution < 1.29 is 4.79 Å². The van der Waals surface area contributed by atoms with Crippen LogP contribution in [0, 0.1) is 6.92 Å². The number of carbonyl (C=O) groups excluding carboxylic acids is 1. The molecule has 1 heterocycles. The monoisotopic (exact) mass is 293 g/mol. The normalized spacial score (nSPS) is 10.3. The Bertz CT molecular complexity index is 542. The third kappa shape index (κ3) is 2.94. The molecule has 0 atom stereocenters. The molecule has 0 unspecified atom stereocenters. The van der Waals surface area contributed by atoms with Gasteiger partial charge in [-0.25, -0.2) is 4.98 Å². The first-order valence-corrected chi connectivity index (χ1v) is 5.90. The van der Waals surface area contributed by atoms with E-state index in [9.17, 15) is 4.79 Å². The van der Waals surface area contributed by atoms with Gasteiger partial charge in [0.15, 0.2) is 0 Å². The Hall–Kier alpha value is -1.62. The Kier molecular flexibility index (Phi) is 3.28. The standard InChI is InChI=1S/C12H12BrN3O/c1-8-3-9(13)5-10(4-8)15-12(17)11-6-16(2)7-14-11/h3-7H,1-2H3,(H,15,17). The molecule has 88 valence electrons. The van der Waals surface area contributed by atoms with E-state index in [1.165, 1.54) is 0 Å². The summed E-state index contributed by atoms with van der Waals surface area (Å²) >= 11 is 3.39. The number of nitrogens with zero attached hydrogens (tertiary/aromatic N) is 2. The fraction of sp³-hybridized carbons (Fsp3) is 0.167. The molecule has 0 saturated carbocycles. The van der Waals surface area contributed by atoms with Gasteiger partial charge in [-0.15, -0.1) is 0 Å². The third-order valence-corrected chi connectivity index (χ3v) is 2.70. The maximum Gasteiger partial charge on any atom is 0.275 e. The summed E-state index contributed by atoms with van der Waals surface area (Å²) in [6.45, 7) is 1.97. The van der Waals surface area contributed by atoms with E-state index in [1.807, 2.05) is 32.2 Å². The van der Waals surface area contributed by atoms with Crippen LogP contribution in [0.15, 0.2) is 35.2 Å². The van der Waals surface area contributed by atoms with Crippen molar-refractivity contribution in [1.29, 1.82) is 0 Å². The molecule has 17 heavy (non-hydrogen) atoms. The number of halogens is 1. The Labute approximate surface area is 108 Å². The van der Waals surface area contributed by atoms with Gasteiger partial charge in [0.25, 0.3) is 5.91 Å². The summed E-state index contributed by atoms with van der Waals surface area (Å²) in [5.74, 6) is -0.205. The quantitative estimate of drug-likeness (QED) is 0.925. The van der Waals surface area contributed by atoms with Crippen molar-refractivity contribution in [2.75, 3.05) is 5.32 Å². The van der Waals surface area contributed by atoms with Crippen LogP contribution in [0.3, 0.4) is 0 Å². The highest BCUT2D eigenvalue weighted by Crippen LogP contribution is 2.19. The van der Waals surface area contributed by atoms with Crippen LogP contribution in [0.5, 0.6) is 0 Å². The van der Waals surface area contributed by atoms with E-state index < -0.39 is 0 Å². The highest BCUT2D eigenvalue weighted by atomic mass is 79.9. The predicted molar refractivity (Wildman–Crippen MR) is 70.0 cm³/mol. The molecule has 1 N–H and O–H groups in total. The molecule has 0 aliphatic rings. The van der Waals surface area contributed by atoms with E-state index in [-0.39, 0.29) is 5.91 Å². The van der Waals surface area contributed by atoms with Crippen LogP contribution in [0.2, 0.25) is 0 Å². The molecule has 0 saturated heterocycles.